The Kier molecular flexibility index (Phi) is 5.13. The van der Waals surface area contributed by atoms with Crippen molar-refractivity contribution < 1.29 is 13.2 Å². The maximum absolute atomic E-state index is 12.7. The summed E-state index contributed by atoms with van der Waals surface area (Å²) in [4.78, 5) is 0.210. The minimum absolute atomic E-state index is 0.210. The Labute approximate surface area is 139 Å². The van der Waals surface area contributed by atoms with Crippen LogP contribution in [0.25, 0.3) is 0 Å². The van der Waals surface area contributed by atoms with Gasteiger partial charge in [0, 0.05) is 7.05 Å². The number of sulfonamides is 1. The lowest BCUT2D eigenvalue weighted by Gasteiger charge is -2.20. The van der Waals surface area contributed by atoms with Crippen molar-refractivity contribution in [1.29, 1.82) is 0 Å². The summed E-state index contributed by atoms with van der Waals surface area (Å²) in [6.07, 6.45) is 0.919. The van der Waals surface area contributed by atoms with Crippen LogP contribution in [0.5, 0.6) is 5.75 Å². The zero-order valence-corrected chi connectivity index (χ0v) is 15.1. The molecule has 0 saturated heterocycles. The molecule has 0 aliphatic rings. The second-order valence-electron chi connectivity index (χ2n) is 4.79. The van der Waals surface area contributed by atoms with Gasteiger partial charge >= 0.3 is 0 Å². The monoisotopic (exact) mass is 383 g/mol. The first kappa shape index (κ1) is 16.8. The summed E-state index contributed by atoms with van der Waals surface area (Å²) in [7, 11) is -0.524. The summed E-state index contributed by atoms with van der Waals surface area (Å²) in [5, 5.41) is 0. The Morgan fingerprint density at radius 1 is 1.14 bits per heavy atom. The number of nitrogens with zero attached hydrogens (tertiary/aromatic N) is 1. The predicted molar refractivity (Wildman–Crippen MR) is 92.1 cm³/mol. The third-order valence-electron chi connectivity index (χ3n) is 3.49. The van der Waals surface area contributed by atoms with Crippen LogP contribution in [0.3, 0.4) is 0 Å². The van der Waals surface area contributed by atoms with E-state index in [1.807, 2.05) is 24.3 Å². The van der Waals surface area contributed by atoms with Crippen molar-refractivity contribution in [3.8, 4) is 5.75 Å². The van der Waals surface area contributed by atoms with Gasteiger partial charge in [0.05, 0.1) is 22.2 Å². The molecule has 0 radical (unpaired) electrons. The van der Waals surface area contributed by atoms with Crippen LogP contribution in [-0.4, -0.2) is 22.6 Å². The van der Waals surface area contributed by atoms with E-state index >= 15 is 0 Å². The molecule has 0 aliphatic heterocycles. The number of hydrogen-bond donors (Lipinski definition) is 0. The molecular formula is C16H18BrNO3S. The van der Waals surface area contributed by atoms with Crippen LogP contribution in [0.1, 0.15) is 12.5 Å². The molecule has 118 valence electrons. The highest BCUT2D eigenvalue weighted by Crippen LogP contribution is 2.30. The molecule has 0 atom stereocenters. The van der Waals surface area contributed by atoms with Crippen LogP contribution in [0.4, 0.5) is 5.69 Å². The molecule has 6 heteroatoms. The van der Waals surface area contributed by atoms with Crippen LogP contribution >= 0.6 is 15.9 Å². The number of hydrogen-bond acceptors (Lipinski definition) is 3. The molecule has 0 aromatic heterocycles. The van der Waals surface area contributed by atoms with Gasteiger partial charge in [-0.15, -0.1) is 0 Å². The van der Waals surface area contributed by atoms with E-state index < -0.39 is 10.0 Å². The van der Waals surface area contributed by atoms with Crippen molar-refractivity contribution in [2.75, 3.05) is 18.5 Å². The van der Waals surface area contributed by atoms with E-state index in [2.05, 4.69) is 22.9 Å². The van der Waals surface area contributed by atoms with Gasteiger partial charge in [0.15, 0.2) is 0 Å². The van der Waals surface area contributed by atoms with Crippen LogP contribution in [0.2, 0.25) is 0 Å². The summed E-state index contributed by atoms with van der Waals surface area (Å²) in [6.45, 7) is 2.06. The molecule has 0 unspecified atom stereocenters. The topological polar surface area (TPSA) is 46.6 Å². The van der Waals surface area contributed by atoms with Gasteiger partial charge in [0.1, 0.15) is 5.75 Å². The van der Waals surface area contributed by atoms with Gasteiger partial charge in [-0.25, -0.2) is 8.42 Å². The summed E-state index contributed by atoms with van der Waals surface area (Å²) < 4.78 is 32.4. The van der Waals surface area contributed by atoms with E-state index in [-0.39, 0.29) is 4.90 Å². The molecule has 0 fully saturated rings. The highest BCUT2D eigenvalue weighted by molar-refractivity contribution is 9.10. The van der Waals surface area contributed by atoms with Gasteiger partial charge in [-0.1, -0.05) is 19.1 Å². The molecule has 2 aromatic carbocycles. The standard InChI is InChI=1S/C16H18BrNO3S/c1-4-12-5-7-13(8-6-12)18(2)22(19,20)14-9-10-16(21-3)15(17)11-14/h5-11H,4H2,1-3H3. The van der Waals surface area contributed by atoms with E-state index in [1.165, 1.54) is 23.0 Å². The van der Waals surface area contributed by atoms with Crippen LogP contribution < -0.4 is 9.04 Å². The number of methoxy groups -OCH3 is 1. The molecule has 0 amide bonds. The molecule has 0 N–H and O–H groups in total. The van der Waals surface area contributed by atoms with Crippen molar-refractivity contribution in [3.05, 3.63) is 52.5 Å². The van der Waals surface area contributed by atoms with Crippen LogP contribution in [0, 0.1) is 0 Å². The van der Waals surface area contributed by atoms with Gasteiger partial charge in [0.25, 0.3) is 10.0 Å². The summed E-state index contributed by atoms with van der Waals surface area (Å²) in [5.41, 5.74) is 1.80. The Morgan fingerprint density at radius 2 is 1.77 bits per heavy atom. The van der Waals surface area contributed by atoms with Crippen molar-refractivity contribution in [2.24, 2.45) is 0 Å². The molecule has 0 bridgehead atoms. The van der Waals surface area contributed by atoms with E-state index in [1.54, 1.807) is 19.2 Å². The SMILES string of the molecule is CCc1ccc(N(C)S(=O)(=O)c2ccc(OC)c(Br)c2)cc1. The summed E-state index contributed by atoms with van der Waals surface area (Å²) >= 11 is 3.32. The van der Waals surface area contributed by atoms with Gasteiger partial charge in [-0.3, -0.25) is 4.31 Å². The van der Waals surface area contributed by atoms with Crippen molar-refractivity contribution in [1.82, 2.24) is 0 Å². The smallest absolute Gasteiger partial charge is 0.264 e. The molecule has 4 nitrogen and oxygen atoms in total. The summed E-state index contributed by atoms with van der Waals surface area (Å²) in [6, 6.07) is 12.2. The third-order valence-corrected chi connectivity index (χ3v) is 5.89. The van der Waals surface area contributed by atoms with Gasteiger partial charge in [-0.2, -0.15) is 0 Å². The van der Waals surface area contributed by atoms with Crippen LogP contribution in [0.15, 0.2) is 51.8 Å². The minimum atomic E-state index is -3.61. The van der Waals surface area contributed by atoms with E-state index in [4.69, 9.17) is 4.74 Å². The molecule has 0 saturated carbocycles. The van der Waals surface area contributed by atoms with Gasteiger partial charge < -0.3 is 4.74 Å². The Bertz CT molecular complexity index is 757. The maximum Gasteiger partial charge on any atom is 0.264 e. The number of ether oxygens (including phenoxy) is 1. The normalized spacial score (nSPS) is 11.3. The van der Waals surface area contributed by atoms with Crippen molar-refractivity contribution >= 4 is 31.6 Å². The fraction of sp³-hybridized carbons (Fsp3) is 0.250. The first-order valence-corrected chi connectivity index (χ1v) is 9.05. The Hall–Kier alpha value is -1.53. The predicted octanol–water partition coefficient (Wildman–Crippen LogP) is 3.85. The number of benzene rings is 2. The fourth-order valence-corrected chi connectivity index (χ4v) is 3.96. The number of rotatable bonds is 5. The molecular weight excluding hydrogens is 366 g/mol. The molecule has 0 heterocycles. The third kappa shape index (κ3) is 3.28. The lowest BCUT2D eigenvalue weighted by molar-refractivity contribution is 0.411. The van der Waals surface area contributed by atoms with Gasteiger partial charge in [0.2, 0.25) is 0 Å². The van der Waals surface area contributed by atoms with E-state index in [0.29, 0.717) is 15.9 Å². The van der Waals surface area contributed by atoms with Crippen molar-refractivity contribution in [3.63, 3.8) is 0 Å². The quantitative estimate of drug-likeness (QED) is 0.787. The largest absolute Gasteiger partial charge is 0.496 e. The first-order valence-electron chi connectivity index (χ1n) is 6.81. The Morgan fingerprint density at radius 3 is 2.27 bits per heavy atom. The molecule has 2 rings (SSSR count). The zero-order valence-electron chi connectivity index (χ0n) is 12.7. The molecule has 2 aromatic rings. The lowest BCUT2D eigenvalue weighted by Crippen LogP contribution is -2.26. The first-order chi connectivity index (χ1) is 10.4. The fourth-order valence-electron chi connectivity index (χ4n) is 2.05. The second-order valence-corrected chi connectivity index (χ2v) is 7.61. The van der Waals surface area contributed by atoms with E-state index in [9.17, 15) is 8.42 Å². The Balaban J connectivity index is 2.37. The van der Waals surface area contributed by atoms with Crippen molar-refractivity contribution in [2.45, 2.75) is 18.2 Å². The molecule has 0 spiro atoms. The van der Waals surface area contributed by atoms with Crippen LogP contribution in [-0.2, 0) is 16.4 Å². The number of halogens is 1. The highest BCUT2D eigenvalue weighted by atomic mass is 79.9. The second kappa shape index (κ2) is 6.71. The average Bonchev–Trinajstić information content (AvgIpc) is 2.54. The number of anilines is 1. The molecule has 22 heavy (non-hydrogen) atoms. The minimum Gasteiger partial charge on any atom is -0.496 e. The molecule has 0 aliphatic carbocycles. The maximum atomic E-state index is 12.7. The van der Waals surface area contributed by atoms with Gasteiger partial charge in [-0.05, 0) is 58.2 Å². The number of aryl methyl sites for hydroxylation is 1. The van der Waals surface area contributed by atoms with E-state index in [0.717, 1.165) is 6.42 Å². The summed E-state index contributed by atoms with van der Waals surface area (Å²) in [5.74, 6) is 0.592. The average molecular weight is 384 g/mol. The highest BCUT2D eigenvalue weighted by Gasteiger charge is 2.22. The zero-order chi connectivity index (χ0) is 16.3. The lowest BCUT2D eigenvalue weighted by atomic mass is 10.1.